The summed E-state index contributed by atoms with van der Waals surface area (Å²) in [5.41, 5.74) is 0.248. The molecule has 1 amide bonds. The number of carbonyl (C=O) groups is 1. The van der Waals surface area contributed by atoms with Gasteiger partial charge in [0.05, 0.1) is 0 Å². The maximum absolute atomic E-state index is 11.2. The van der Waals surface area contributed by atoms with Gasteiger partial charge in [-0.3, -0.25) is 4.79 Å². The first-order valence-electron chi connectivity index (χ1n) is 4.89. The van der Waals surface area contributed by atoms with Gasteiger partial charge in [-0.25, -0.2) is 0 Å². The number of amides is 1. The van der Waals surface area contributed by atoms with Gasteiger partial charge in [-0.2, -0.15) is 0 Å². The second kappa shape index (κ2) is 2.48. The van der Waals surface area contributed by atoms with Crippen LogP contribution in [0.2, 0.25) is 0 Å². The summed E-state index contributed by atoms with van der Waals surface area (Å²) in [7, 11) is 0. The summed E-state index contributed by atoms with van der Waals surface area (Å²) in [4.78, 5) is 11.2. The van der Waals surface area contributed by atoms with Crippen molar-refractivity contribution in [1.29, 1.82) is 0 Å². The minimum atomic E-state index is 0.241. The summed E-state index contributed by atoms with van der Waals surface area (Å²) >= 11 is 0. The zero-order valence-electron chi connectivity index (χ0n) is 7.89. The molecule has 2 fully saturated rings. The standard InChI is InChI=1S/C10H17NO/c1-7-10(2,5-8-3-4-8)6-9(12)11-7/h7-8H,3-6H2,1-2H3,(H,11,12). The van der Waals surface area contributed by atoms with Crippen LogP contribution in [0.3, 0.4) is 0 Å². The molecule has 1 saturated carbocycles. The first-order chi connectivity index (χ1) is 5.60. The van der Waals surface area contributed by atoms with Gasteiger partial charge in [0.1, 0.15) is 0 Å². The van der Waals surface area contributed by atoms with Crippen LogP contribution in [0.15, 0.2) is 0 Å². The van der Waals surface area contributed by atoms with Gasteiger partial charge in [-0.1, -0.05) is 19.8 Å². The zero-order valence-corrected chi connectivity index (χ0v) is 7.89. The fourth-order valence-electron chi connectivity index (χ4n) is 2.22. The summed E-state index contributed by atoms with van der Waals surface area (Å²) in [6.07, 6.45) is 4.75. The Hall–Kier alpha value is -0.530. The molecule has 2 unspecified atom stereocenters. The molecule has 0 aromatic heterocycles. The summed E-state index contributed by atoms with van der Waals surface area (Å²) in [6, 6.07) is 0.380. The van der Waals surface area contributed by atoms with E-state index in [0.717, 1.165) is 12.3 Å². The lowest BCUT2D eigenvalue weighted by molar-refractivity contribution is -0.119. The molecule has 2 aliphatic rings. The molecule has 12 heavy (non-hydrogen) atoms. The fraction of sp³-hybridized carbons (Fsp3) is 0.900. The quantitative estimate of drug-likeness (QED) is 0.666. The summed E-state index contributed by atoms with van der Waals surface area (Å²) < 4.78 is 0. The Kier molecular flexibility index (Phi) is 1.67. The summed E-state index contributed by atoms with van der Waals surface area (Å²) in [5.74, 6) is 1.16. The van der Waals surface area contributed by atoms with Crippen molar-refractivity contribution in [3.05, 3.63) is 0 Å². The first kappa shape index (κ1) is 8.09. The van der Waals surface area contributed by atoms with Crippen LogP contribution in [0.4, 0.5) is 0 Å². The van der Waals surface area contributed by atoms with Crippen LogP contribution in [0, 0.1) is 11.3 Å². The van der Waals surface area contributed by atoms with E-state index in [2.05, 4.69) is 19.2 Å². The van der Waals surface area contributed by atoms with Gasteiger partial charge in [0, 0.05) is 12.5 Å². The molecule has 2 nitrogen and oxygen atoms in total. The van der Waals surface area contributed by atoms with Gasteiger partial charge in [0.25, 0.3) is 0 Å². The summed E-state index contributed by atoms with van der Waals surface area (Å²) in [5, 5.41) is 3.00. The molecule has 1 aliphatic carbocycles. The lowest BCUT2D eigenvalue weighted by Gasteiger charge is -2.27. The molecule has 0 spiro atoms. The molecular formula is C10H17NO. The molecule has 1 aliphatic heterocycles. The largest absolute Gasteiger partial charge is 0.353 e. The van der Waals surface area contributed by atoms with Gasteiger partial charge in [-0.05, 0) is 24.7 Å². The minimum Gasteiger partial charge on any atom is -0.353 e. The van der Waals surface area contributed by atoms with E-state index in [0.29, 0.717) is 6.04 Å². The van der Waals surface area contributed by atoms with E-state index < -0.39 is 0 Å². The molecule has 2 heteroatoms. The van der Waals surface area contributed by atoms with E-state index in [9.17, 15) is 4.79 Å². The van der Waals surface area contributed by atoms with Crippen molar-refractivity contribution in [1.82, 2.24) is 5.32 Å². The monoisotopic (exact) mass is 167 g/mol. The van der Waals surface area contributed by atoms with Gasteiger partial charge in [-0.15, -0.1) is 0 Å². The average molecular weight is 167 g/mol. The van der Waals surface area contributed by atoms with Crippen molar-refractivity contribution in [3.8, 4) is 0 Å². The lowest BCUT2D eigenvalue weighted by atomic mass is 9.78. The predicted molar refractivity (Wildman–Crippen MR) is 47.7 cm³/mol. The lowest BCUT2D eigenvalue weighted by Crippen LogP contribution is -2.32. The molecule has 0 aromatic carbocycles. The third-order valence-electron chi connectivity index (χ3n) is 3.44. The van der Waals surface area contributed by atoms with Crippen LogP contribution in [0.1, 0.15) is 39.5 Å². The number of hydrogen-bond donors (Lipinski definition) is 1. The molecule has 0 aromatic rings. The SMILES string of the molecule is CC1NC(=O)CC1(C)CC1CC1. The van der Waals surface area contributed by atoms with Crippen LogP contribution < -0.4 is 5.32 Å². The van der Waals surface area contributed by atoms with Crippen LogP contribution in [0.25, 0.3) is 0 Å². The predicted octanol–water partition coefficient (Wildman–Crippen LogP) is 1.70. The van der Waals surface area contributed by atoms with Gasteiger partial charge in [0.15, 0.2) is 0 Å². The third-order valence-corrected chi connectivity index (χ3v) is 3.44. The normalized spacial score (nSPS) is 41.5. The van der Waals surface area contributed by atoms with Gasteiger partial charge in [0.2, 0.25) is 5.91 Å². The van der Waals surface area contributed by atoms with Gasteiger partial charge < -0.3 is 5.32 Å². The zero-order chi connectivity index (χ0) is 8.77. The van der Waals surface area contributed by atoms with E-state index in [4.69, 9.17) is 0 Å². The van der Waals surface area contributed by atoms with Crippen molar-refractivity contribution in [2.75, 3.05) is 0 Å². The second-order valence-corrected chi connectivity index (χ2v) is 4.77. The fourth-order valence-corrected chi connectivity index (χ4v) is 2.22. The molecule has 0 radical (unpaired) electrons. The van der Waals surface area contributed by atoms with Crippen molar-refractivity contribution in [2.45, 2.75) is 45.6 Å². The van der Waals surface area contributed by atoms with Crippen molar-refractivity contribution in [3.63, 3.8) is 0 Å². The number of nitrogens with one attached hydrogen (secondary N) is 1. The third kappa shape index (κ3) is 1.35. The molecule has 0 bridgehead atoms. The van der Waals surface area contributed by atoms with Crippen LogP contribution in [0.5, 0.6) is 0 Å². The Morgan fingerprint density at radius 2 is 2.25 bits per heavy atom. The Balaban J connectivity index is 2.02. The van der Waals surface area contributed by atoms with E-state index >= 15 is 0 Å². The highest BCUT2D eigenvalue weighted by Crippen LogP contribution is 2.45. The Labute approximate surface area is 73.7 Å². The molecular weight excluding hydrogens is 150 g/mol. The van der Waals surface area contributed by atoms with Crippen LogP contribution >= 0.6 is 0 Å². The smallest absolute Gasteiger partial charge is 0.220 e. The van der Waals surface area contributed by atoms with Crippen LogP contribution in [-0.2, 0) is 4.79 Å². The number of carbonyl (C=O) groups excluding carboxylic acids is 1. The van der Waals surface area contributed by atoms with E-state index in [1.54, 1.807) is 0 Å². The average Bonchev–Trinajstić information content (AvgIpc) is 2.65. The maximum atomic E-state index is 11.2. The Morgan fingerprint density at radius 1 is 1.58 bits per heavy atom. The van der Waals surface area contributed by atoms with Crippen molar-refractivity contribution in [2.24, 2.45) is 11.3 Å². The second-order valence-electron chi connectivity index (χ2n) is 4.77. The molecule has 1 N–H and O–H groups in total. The molecule has 1 saturated heterocycles. The minimum absolute atomic E-state index is 0.241. The highest BCUT2D eigenvalue weighted by atomic mass is 16.2. The topological polar surface area (TPSA) is 29.1 Å². The van der Waals surface area contributed by atoms with E-state index in [-0.39, 0.29) is 11.3 Å². The maximum Gasteiger partial charge on any atom is 0.220 e. The van der Waals surface area contributed by atoms with Crippen molar-refractivity contribution < 1.29 is 4.79 Å². The molecule has 2 atom stereocenters. The Morgan fingerprint density at radius 3 is 2.67 bits per heavy atom. The molecule has 68 valence electrons. The van der Waals surface area contributed by atoms with E-state index in [1.807, 2.05) is 0 Å². The van der Waals surface area contributed by atoms with Crippen molar-refractivity contribution >= 4 is 5.91 Å². The highest BCUT2D eigenvalue weighted by molar-refractivity contribution is 5.79. The Bertz CT molecular complexity index is 210. The highest BCUT2D eigenvalue weighted by Gasteiger charge is 2.43. The van der Waals surface area contributed by atoms with Crippen LogP contribution in [-0.4, -0.2) is 11.9 Å². The summed E-state index contributed by atoms with van der Waals surface area (Å²) in [6.45, 7) is 4.38. The number of rotatable bonds is 2. The number of hydrogen-bond acceptors (Lipinski definition) is 1. The first-order valence-corrected chi connectivity index (χ1v) is 4.89. The molecule has 2 rings (SSSR count). The van der Waals surface area contributed by atoms with E-state index in [1.165, 1.54) is 19.3 Å². The van der Waals surface area contributed by atoms with Gasteiger partial charge >= 0.3 is 0 Å². The molecule has 1 heterocycles.